The Labute approximate surface area is 251 Å². The number of ether oxygens (including phenoxy) is 4. The van der Waals surface area contributed by atoms with Gasteiger partial charge in [0, 0.05) is 10.6 Å². The second-order valence-electron chi connectivity index (χ2n) is 9.39. The average Bonchev–Trinajstić information content (AvgIpc) is 3.30. The number of hydrogen-bond acceptors (Lipinski definition) is 8. The Morgan fingerprint density at radius 2 is 1.74 bits per heavy atom. The summed E-state index contributed by atoms with van der Waals surface area (Å²) in [6.45, 7) is 4.07. The highest BCUT2D eigenvalue weighted by Gasteiger charge is 2.35. The molecule has 2 heterocycles. The molecular formula is C32H29ClN2O6S. The summed E-state index contributed by atoms with van der Waals surface area (Å²) >= 11 is 7.21. The van der Waals surface area contributed by atoms with Gasteiger partial charge >= 0.3 is 5.97 Å². The largest absolute Gasteiger partial charge is 0.497 e. The van der Waals surface area contributed by atoms with Crippen LogP contribution in [0.1, 0.15) is 36.6 Å². The van der Waals surface area contributed by atoms with E-state index in [1.165, 1.54) is 15.9 Å². The molecule has 3 aromatic carbocycles. The number of rotatable bonds is 9. The van der Waals surface area contributed by atoms with E-state index < -0.39 is 12.0 Å². The number of hydrogen-bond donors (Lipinski definition) is 0. The molecular weight excluding hydrogens is 576 g/mol. The number of esters is 1. The predicted molar refractivity (Wildman–Crippen MR) is 162 cm³/mol. The van der Waals surface area contributed by atoms with Gasteiger partial charge in [0.25, 0.3) is 5.56 Å². The number of methoxy groups -OCH3 is 2. The Bertz CT molecular complexity index is 1820. The van der Waals surface area contributed by atoms with Gasteiger partial charge in [-0.15, -0.1) is 0 Å². The van der Waals surface area contributed by atoms with Crippen molar-refractivity contribution in [3.8, 4) is 17.2 Å². The van der Waals surface area contributed by atoms with E-state index in [0.29, 0.717) is 49.5 Å². The summed E-state index contributed by atoms with van der Waals surface area (Å²) in [5.41, 5.74) is 2.86. The molecule has 0 saturated carbocycles. The summed E-state index contributed by atoms with van der Waals surface area (Å²) in [7, 11) is 3.09. The second-order valence-corrected chi connectivity index (χ2v) is 10.8. The Hall–Kier alpha value is -4.34. The number of benzene rings is 3. The number of halogens is 1. The molecule has 1 aliphatic rings. The predicted octanol–water partition coefficient (Wildman–Crippen LogP) is 5.05. The molecule has 1 aliphatic heterocycles. The third-order valence-corrected chi connectivity index (χ3v) is 7.98. The van der Waals surface area contributed by atoms with E-state index in [1.54, 1.807) is 52.3 Å². The molecule has 8 nitrogen and oxygen atoms in total. The molecule has 4 aromatic rings. The third kappa shape index (κ3) is 5.98. The minimum Gasteiger partial charge on any atom is -0.497 e. The zero-order valence-corrected chi connectivity index (χ0v) is 25.1. The SMILES string of the molecule is CCOC(=O)C1=C(C)N=c2s/c(=C\c3ccc(OCc4ccc(Cl)cc4)cc3)c(=O)n2C1c1cc(OC)ccc1OC. The number of fused-ring (bicyclic) bond motifs is 1. The Balaban J connectivity index is 1.54. The van der Waals surface area contributed by atoms with Crippen molar-refractivity contribution in [2.75, 3.05) is 20.8 Å². The molecule has 10 heteroatoms. The molecule has 5 rings (SSSR count). The first-order valence-corrected chi connectivity index (χ1v) is 14.4. The van der Waals surface area contributed by atoms with Crippen molar-refractivity contribution in [3.63, 3.8) is 0 Å². The number of nitrogens with zero attached hydrogens (tertiary/aromatic N) is 2. The lowest BCUT2D eigenvalue weighted by atomic mass is 9.94. The summed E-state index contributed by atoms with van der Waals surface area (Å²) in [5, 5.41) is 0.676. The van der Waals surface area contributed by atoms with E-state index in [4.69, 9.17) is 30.5 Å². The number of aromatic nitrogens is 1. The highest BCUT2D eigenvalue weighted by atomic mass is 35.5. The van der Waals surface area contributed by atoms with Gasteiger partial charge < -0.3 is 18.9 Å². The molecule has 0 saturated heterocycles. The van der Waals surface area contributed by atoms with Crippen LogP contribution in [0.4, 0.5) is 0 Å². The van der Waals surface area contributed by atoms with Gasteiger partial charge in [0.05, 0.1) is 36.6 Å². The molecule has 0 fully saturated rings. The van der Waals surface area contributed by atoms with E-state index in [2.05, 4.69) is 4.99 Å². The monoisotopic (exact) mass is 604 g/mol. The molecule has 1 aromatic heterocycles. The van der Waals surface area contributed by atoms with Crippen LogP contribution in [-0.2, 0) is 16.1 Å². The van der Waals surface area contributed by atoms with E-state index in [9.17, 15) is 9.59 Å². The van der Waals surface area contributed by atoms with Crippen LogP contribution >= 0.6 is 22.9 Å². The fraction of sp³-hybridized carbons (Fsp3) is 0.219. The fourth-order valence-electron chi connectivity index (χ4n) is 4.70. The molecule has 0 bridgehead atoms. The minimum absolute atomic E-state index is 0.182. The van der Waals surface area contributed by atoms with Crippen LogP contribution < -0.4 is 29.1 Å². The molecule has 0 radical (unpaired) electrons. The maximum Gasteiger partial charge on any atom is 0.338 e. The van der Waals surface area contributed by atoms with Gasteiger partial charge in [-0.3, -0.25) is 9.36 Å². The molecule has 1 atom stereocenters. The number of carbonyl (C=O) groups excluding carboxylic acids is 1. The first-order chi connectivity index (χ1) is 20.3. The van der Waals surface area contributed by atoms with Gasteiger partial charge in [-0.25, -0.2) is 9.79 Å². The lowest BCUT2D eigenvalue weighted by molar-refractivity contribution is -0.139. The molecule has 42 heavy (non-hydrogen) atoms. The van der Waals surface area contributed by atoms with Crippen LogP contribution in [0, 0.1) is 0 Å². The van der Waals surface area contributed by atoms with Gasteiger partial charge in [0.2, 0.25) is 0 Å². The maximum absolute atomic E-state index is 13.9. The molecule has 1 unspecified atom stereocenters. The fourth-order valence-corrected chi connectivity index (χ4v) is 5.87. The van der Waals surface area contributed by atoms with Crippen LogP contribution in [0.2, 0.25) is 5.02 Å². The van der Waals surface area contributed by atoms with E-state index >= 15 is 0 Å². The molecule has 216 valence electrons. The topological polar surface area (TPSA) is 88.4 Å². The molecule has 0 aliphatic carbocycles. The van der Waals surface area contributed by atoms with Crippen molar-refractivity contribution in [2.24, 2.45) is 4.99 Å². The lowest BCUT2D eigenvalue weighted by Crippen LogP contribution is -2.40. The van der Waals surface area contributed by atoms with Crippen LogP contribution in [0.3, 0.4) is 0 Å². The lowest BCUT2D eigenvalue weighted by Gasteiger charge is -2.26. The highest BCUT2D eigenvalue weighted by Crippen LogP contribution is 2.37. The van der Waals surface area contributed by atoms with Crippen molar-refractivity contribution in [1.29, 1.82) is 0 Å². The van der Waals surface area contributed by atoms with Crippen molar-refractivity contribution in [1.82, 2.24) is 4.57 Å². The second kappa shape index (κ2) is 12.7. The summed E-state index contributed by atoms with van der Waals surface area (Å²) in [6, 6.07) is 19.4. The first-order valence-electron chi connectivity index (χ1n) is 13.2. The van der Waals surface area contributed by atoms with Crippen LogP contribution in [0.5, 0.6) is 17.2 Å². The smallest absolute Gasteiger partial charge is 0.338 e. The quantitative estimate of drug-likeness (QED) is 0.249. The zero-order valence-electron chi connectivity index (χ0n) is 23.5. The van der Waals surface area contributed by atoms with Crippen molar-refractivity contribution < 1.29 is 23.7 Å². The molecule has 0 spiro atoms. The standard InChI is InChI=1S/C32H29ClN2O6S/c1-5-40-31(37)28-19(2)34-32-35(29(28)25-17-24(38-3)14-15-26(25)39-4)30(36)27(42-32)16-20-8-12-23(13-9-20)41-18-21-6-10-22(33)11-7-21/h6-17,29H,5,18H2,1-4H3/b27-16-. The minimum atomic E-state index is -0.823. The van der Waals surface area contributed by atoms with Crippen molar-refractivity contribution in [3.05, 3.63) is 119 Å². The van der Waals surface area contributed by atoms with E-state index in [-0.39, 0.29) is 17.7 Å². The van der Waals surface area contributed by atoms with Crippen LogP contribution in [0.25, 0.3) is 6.08 Å². The normalized spacial score (nSPS) is 14.7. The van der Waals surface area contributed by atoms with Gasteiger partial charge in [0.15, 0.2) is 4.80 Å². The van der Waals surface area contributed by atoms with Crippen molar-refractivity contribution >= 4 is 35.0 Å². The van der Waals surface area contributed by atoms with Gasteiger partial charge in [-0.2, -0.15) is 0 Å². The first kappa shape index (κ1) is 29.2. The van der Waals surface area contributed by atoms with Gasteiger partial charge in [0.1, 0.15) is 29.9 Å². The maximum atomic E-state index is 13.9. The number of allylic oxidation sites excluding steroid dienone is 1. The van der Waals surface area contributed by atoms with E-state index in [1.807, 2.05) is 48.5 Å². The number of carbonyl (C=O) groups is 1. The van der Waals surface area contributed by atoms with Gasteiger partial charge in [-0.1, -0.05) is 47.2 Å². The summed E-state index contributed by atoms with van der Waals surface area (Å²) in [4.78, 5) is 32.3. The third-order valence-electron chi connectivity index (χ3n) is 6.75. The zero-order chi connectivity index (χ0) is 29.8. The Morgan fingerprint density at radius 3 is 2.40 bits per heavy atom. The van der Waals surface area contributed by atoms with Gasteiger partial charge in [-0.05, 0) is 73.5 Å². The van der Waals surface area contributed by atoms with Crippen molar-refractivity contribution in [2.45, 2.75) is 26.5 Å². The summed E-state index contributed by atoms with van der Waals surface area (Å²) in [5.74, 6) is 1.21. The number of thiazole rings is 1. The van der Waals surface area contributed by atoms with Crippen LogP contribution in [0.15, 0.2) is 87.8 Å². The van der Waals surface area contributed by atoms with Crippen LogP contribution in [-0.4, -0.2) is 31.4 Å². The average molecular weight is 605 g/mol. The molecule has 0 amide bonds. The summed E-state index contributed by atoms with van der Waals surface area (Å²) < 4.78 is 24.4. The van der Waals surface area contributed by atoms with E-state index in [0.717, 1.165) is 11.1 Å². The highest BCUT2D eigenvalue weighted by molar-refractivity contribution is 7.07. The Kier molecular flexibility index (Phi) is 8.80. The summed E-state index contributed by atoms with van der Waals surface area (Å²) in [6.07, 6.45) is 1.80. The Morgan fingerprint density at radius 1 is 1.02 bits per heavy atom. The molecule has 0 N–H and O–H groups in total.